The summed E-state index contributed by atoms with van der Waals surface area (Å²) in [7, 11) is 0. The second-order valence-electron chi connectivity index (χ2n) is 4.23. The van der Waals surface area contributed by atoms with Crippen molar-refractivity contribution in [3.63, 3.8) is 0 Å². The summed E-state index contributed by atoms with van der Waals surface area (Å²) in [5, 5.41) is 0. The monoisotopic (exact) mass is 186 g/mol. The van der Waals surface area contributed by atoms with Crippen LogP contribution in [0.25, 0.3) is 0 Å². The summed E-state index contributed by atoms with van der Waals surface area (Å²) in [6.45, 7) is 6.53. The van der Waals surface area contributed by atoms with Gasteiger partial charge in [-0.2, -0.15) is 0 Å². The Morgan fingerprint density at radius 3 is 2.57 bits per heavy atom. The van der Waals surface area contributed by atoms with Gasteiger partial charge in [-0.15, -0.1) is 6.42 Å². The lowest BCUT2D eigenvalue weighted by molar-refractivity contribution is 0.646. The summed E-state index contributed by atoms with van der Waals surface area (Å²) in [5.74, 6) is 3.69. The van der Waals surface area contributed by atoms with Gasteiger partial charge in [0.2, 0.25) is 0 Å². The first kappa shape index (κ1) is 10.9. The van der Waals surface area contributed by atoms with Crippen LogP contribution >= 0.6 is 0 Å². The van der Waals surface area contributed by atoms with E-state index in [-0.39, 0.29) is 5.92 Å². The third-order valence-corrected chi connectivity index (χ3v) is 2.34. The molecule has 0 spiro atoms. The van der Waals surface area contributed by atoms with Crippen LogP contribution in [0.4, 0.5) is 0 Å². The zero-order valence-electron chi connectivity index (χ0n) is 9.25. The molecule has 1 unspecified atom stereocenters. The summed E-state index contributed by atoms with van der Waals surface area (Å²) in [6.07, 6.45) is 6.54. The maximum Gasteiger partial charge on any atom is 0.0421 e. The summed E-state index contributed by atoms with van der Waals surface area (Å²) in [6, 6.07) is 8.60. The number of benzene rings is 1. The zero-order chi connectivity index (χ0) is 10.6. The van der Waals surface area contributed by atoms with E-state index in [9.17, 15) is 0 Å². The summed E-state index contributed by atoms with van der Waals surface area (Å²) >= 11 is 0. The van der Waals surface area contributed by atoms with Crippen molar-refractivity contribution in [3.8, 4) is 12.3 Å². The molecule has 0 aliphatic rings. The highest BCUT2D eigenvalue weighted by Gasteiger charge is 2.03. The molecule has 0 aliphatic heterocycles. The average Bonchev–Trinajstić information content (AvgIpc) is 2.16. The third-order valence-electron chi connectivity index (χ3n) is 2.34. The number of hydrogen-bond acceptors (Lipinski definition) is 0. The molecule has 0 heterocycles. The molecule has 14 heavy (non-hydrogen) atoms. The predicted octanol–water partition coefficient (Wildman–Crippen LogP) is 3.62. The molecule has 1 atom stereocenters. The molecule has 0 fully saturated rings. The Bertz CT molecular complexity index is 328. The van der Waals surface area contributed by atoms with Crippen LogP contribution in [0.1, 0.15) is 37.8 Å². The first-order valence-corrected chi connectivity index (χ1v) is 5.18. The number of terminal acetylenes is 1. The van der Waals surface area contributed by atoms with E-state index in [1.807, 2.05) is 0 Å². The molecule has 0 aliphatic carbocycles. The van der Waals surface area contributed by atoms with Crippen molar-refractivity contribution in [3.05, 3.63) is 35.4 Å². The predicted molar refractivity (Wildman–Crippen MR) is 62.2 cm³/mol. The van der Waals surface area contributed by atoms with Crippen molar-refractivity contribution in [1.29, 1.82) is 0 Å². The van der Waals surface area contributed by atoms with Crippen LogP contribution in [0.2, 0.25) is 0 Å². The van der Waals surface area contributed by atoms with Crippen molar-refractivity contribution in [2.75, 3.05) is 0 Å². The van der Waals surface area contributed by atoms with Gasteiger partial charge in [0.1, 0.15) is 0 Å². The summed E-state index contributed by atoms with van der Waals surface area (Å²) in [5.41, 5.74) is 2.64. The minimum Gasteiger partial charge on any atom is -0.119 e. The Morgan fingerprint density at radius 1 is 1.29 bits per heavy atom. The van der Waals surface area contributed by atoms with Gasteiger partial charge in [0, 0.05) is 5.92 Å². The fourth-order valence-corrected chi connectivity index (χ4v) is 1.56. The minimum absolute atomic E-state index is 0.224. The summed E-state index contributed by atoms with van der Waals surface area (Å²) in [4.78, 5) is 0. The SMILES string of the molecule is C#CC(C)c1cccc(CC(C)C)c1. The zero-order valence-corrected chi connectivity index (χ0v) is 9.25. The lowest BCUT2D eigenvalue weighted by Gasteiger charge is -2.09. The molecule has 0 saturated carbocycles. The largest absolute Gasteiger partial charge is 0.119 e. The quantitative estimate of drug-likeness (QED) is 0.632. The minimum atomic E-state index is 0.224. The standard InChI is InChI=1S/C14H18/c1-5-12(4)14-8-6-7-13(10-14)9-11(2)3/h1,6-8,10-12H,9H2,2-4H3. The van der Waals surface area contributed by atoms with Gasteiger partial charge in [-0.1, -0.05) is 44.0 Å². The second-order valence-corrected chi connectivity index (χ2v) is 4.23. The lowest BCUT2D eigenvalue weighted by atomic mass is 9.96. The lowest BCUT2D eigenvalue weighted by Crippen LogP contribution is -1.96. The molecule has 1 rings (SSSR count). The fraction of sp³-hybridized carbons (Fsp3) is 0.429. The van der Waals surface area contributed by atoms with Crippen LogP contribution in [0, 0.1) is 18.3 Å². The molecule has 0 saturated heterocycles. The van der Waals surface area contributed by atoms with Crippen LogP contribution < -0.4 is 0 Å². The van der Waals surface area contributed by atoms with Crippen LogP contribution in [0.5, 0.6) is 0 Å². The van der Waals surface area contributed by atoms with Gasteiger partial charge in [-0.05, 0) is 30.4 Å². The molecule has 0 N–H and O–H groups in total. The Morgan fingerprint density at radius 2 is 2.00 bits per heavy atom. The fourth-order valence-electron chi connectivity index (χ4n) is 1.56. The van der Waals surface area contributed by atoms with Gasteiger partial charge >= 0.3 is 0 Å². The van der Waals surface area contributed by atoms with E-state index in [0.717, 1.165) is 6.42 Å². The van der Waals surface area contributed by atoms with Crippen LogP contribution in [-0.2, 0) is 6.42 Å². The molecule has 0 radical (unpaired) electrons. The van der Waals surface area contributed by atoms with E-state index in [0.29, 0.717) is 5.92 Å². The van der Waals surface area contributed by atoms with Crippen molar-refractivity contribution in [2.24, 2.45) is 5.92 Å². The Hall–Kier alpha value is -1.22. The summed E-state index contributed by atoms with van der Waals surface area (Å²) < 4.78 is 0. The highest BCUT2D eigenvalue weighted by molar-refractivity contribution is 5.30. The van der Waals surface area contributed by atoms with E-state index < -0.39 is 0 Å². The van der Waals surface area contributed by atoms with Crippen molar-refractivity contribution < 1.29 is 0 Å². The maximum atomic E-state index is 5.41. The van der Waals surface area contributed by atoms with Gasteiger partial charge in [0.25, 0.3) is 0 Å². The van der Waals surface area contributed by atoms with E-state index in [1.54, 1.807) is 0 Å². The van der Waals surface area contributed by atoms with Gasteiger partial charge in [-0.25, -0.2) is 0 Å². The van der Waals surface area contributed by atoms with Crippen molar-refractivity contribution >= 4 is 0 Å². The van der Waals surface area contributed by atoms with E-state index in [1.165, 1.54) is 11.1 Å². The van der Waals surface area contributed by atoms with Gasteiger partial charge in [0.15, 0.2) is 0 Å². The van der Waals surface area contributed by atoms with E-state index >= 15 is 0 Å². The second kappa shape index (κ2) is 4.86. The van der Waals surface area contributed by atoms with Crippen LogP contribution in [0.15, 0.2) is 24.3 Å². The molecule has 0 heteroatoms. The Balaban J connectivity index is 2.85. The molecule has 0 bridgehead atoms. The van der Waals surface area contributed by atoms with Crippen LogP contribution in [-0.4, -0.2) is 0 Å². The third kappa shape index (κ3) is 2.92. The highest BCUT2D eigenvalue weighted by Crippen LogP contribution is 2.17. The van der Waals surface area contributed by atoms with E-state index in [2.05, 4.69) is 51.0 Å². The average molecular weight is 186 g/mol. The van der Waals surface area contributed by atoms with Crippen LogP contribution in [0.3, 0.4) is 0 Å². The van der Waals surface area contributed by atoms with Gasteiger partial charge in [0.05, 0.1) is 0 Å². The van der Waals surface area contributed by atoms with Crippen molar-refractivity contribution in [1.82, 2.24) is 0 Å². The van der Waals surface area contributed by atoms with Crippen molar-refractivity contribution in [2.45, 2.75) is 33.1 Å². The molecule has 0 amide bonds. The van der Waals surface area contributed by atoms with Gasteiger partial charge < -0.3 is 0 Å². The molecular formula is C14H18. The molecule has 0 nitrogen and oxygen atoms in total. The Kier molecular flexibility index (Phi) is 3.77. The normalized spacial score (nSPS) is 12.5. The highest BCUT2D eigenvalue weighted by atomic mass is 14.1. The van der Waals surface area contributed by atoms with E-state index in [4.69, 9.17) is 6.42 Å². The Labute approximate surface area is 87.4 Å². The molecule has 1 aromatic rings. The molecule has 0 aromatic heterocycles. The molecular weight excluding hydrogens is 168 g/mol. The topological polar surface area (TPSA) is 0 Å². The first-order chi connectivity index (χ1) is 6.63. The molecule has 1 aromatic carbocycles. The van der Waals surface area contributed by atoms with Gasteiger partial charge in [-0.3, -0.25) is 0 Å². The molecule has 74 valence electrons. The smallest absolute Gasteiger partial charge is 0.0421 e. The number of hydrogen-bond donors (Lipinski definition) is 0. The first-order valence-electron chi connectivity index (χ1n) is 5.18. The maximum absolute atomic E-state index is 5.41. The number of rotatable bonds is 3.